The van der Waals surface area contributed by atoms with E-state index in [1.165, 1.54) is 28.8 Å². The summed E-state index contributed by atoms with van der Waals surface area (Å²) in [4.78, 5) is 66.6. The first-order chi connectivity index (χ1) is 22.1. The summed E-state index contributed by atoms with van der Waals surface area (Å²) < 4.78 is 1.32. The number of hydrogen-bond acceptors (Lipinski definition) is 8. The number of thioether (sulfide) groups is 1. The first kappa shape index (κ1) is 30.2. The number of halogens is 2. The number of imide groups is 1. The van der Waals surface area contributed by atoms with Crippen molar-refractivity contribution < 1.29 is 19.3 Å². The minimum Gasteiger partial charge on any atom is -0.324 e. The van der Waals surface area contributed by atoms with Gasteiger partial charge in [-0.15, -0.1) is 0 Å². The first-order valence-corrected chi connectivity index (χ1v) is 16.3. The Morgan fingerprint density at radius 2 is 1.63 bits per heavy atom. The predicted molar refractivity (Wildman–Crippen MR) is 178 cm³/mol. The summed E-state index contributed by atoms with van der Waals surface area (Å²) in [5, 5.41) is 15.7. The van der Waals surface area contributed by atoms with Gasteiger partial charge in [-0.3, -0.25) is 33.9 Å². The summed E-state index contributed by atoms with van der Waals surface area (Å²) in [5.74, 6) is -3.32. The monoisotopic (exact) mass is 690 g/mol. The molecule has 0 spiro atoms. The first-order valence-electron chi connectivity index (χ1n) is 13.9. The number of hydrogen-bond donors (Lipinski definition) is 1. The minimum atomic E-state index is -0.975. The van der Waals surface area contributed by atoms with Gasteiger partial charge in [0, 0.05) is 34.0 Å². The zero-order chi connectivity index (χ0) is 32.3. The quantitative estimate of drug-likeness (QED) is 0.119. The minimum absolute atomic E-state index is 0.181. The van der Waals surface area contributed by atoms with Crippen LogP contribution in [0.5, 0.6) is 0 Å². The van der Waals surface area contributed by atoms with Gasteiger partial charge in [0.2, 0.25) is 17.7 Å². The van der Waals surface area contributed by atoms with Crippen LogP contribution in [0.2, 0.25) is 10.0 Å². The molecule has 0 saturated carbocycles. The normalized spacial score (nSPS) is 18.8. The maximum Gasteiger partial charge on any atom is 0.308 e. The van der Waals surface area contributed by atoms with Crippen molar-refractivity contribution in [2.24, 2.45) is 5.92 Å². The summed E-state index contributed by atoms with van der Waals surface area (Å²) in [6.07, 6.45) is 0. The fourth-order valence-electron chi connectivity index (χ4n) is 6.00. The van der Waals surface area contributed by atoms with E-state index in [2.05, 4.69) is 5.32 Å². The predicted octanol–water partition coefficient (Wildman–Crippen LogP) is 6.71. The topological polar surface area (TPSA) is 132 Å². The van der Waals surface area contributed by atoms with Gasteiger partial charge in [0.15, 0.2) is 0 Å². The van der Waals surface area contributed by atoms with Crippen LogP contribution >= 0.6 is 46.3 Å². The number of carbonyl (C=O) groups is 3. The Kier molecular flexibility index (Phi) is 7.68. The summed E-state index contributed by atoms with van der Waals surface area (Å²) in [7, 11) is 0. The lowest BCUT2D eigenvalue weighted by atomic mass is 9.83. The fourth-order valence-corrected chi connectivity index (χ4v) is 9.19. The lowest BCUT2D eigenvalue weighted by Crippen LogP contribution is -2.33. The molecule has 5 aromatic rings. The SMILES string of the molecule is O=C(Cn1c2c(sc1=O)[C@@H](c1cccc(Cl)c1Cl)[C@@H]1C(=O)N(c3ccc([N+](=O)[O-])cc3)C(=O)[C@@H]1S2)Nc1cccc2ccccc12. The Balaban J connectivity index is 1.29. The maximum absolute atomic E-state index is 14.1. The molecule has 3 atom stereocenters. The number of non-ortho nitro benzene ring substituents is 1. The van der Waals surface area contributed by atoms with E-state index in [1.807, 2.05) is 36.4 Å². The van der Waals surface area contributed by atoms with Crippen molar-refractivity contribution in [3.05, 3.63) is 125 Å². The molecule has 3 heterocycles. The molecule has 46 heavy (non-hydrogen) atoms. The number of nitro benzene ring substituents is 1. The number of rotatable bonds is 6. The summed E-state index contributed by atoms with van der Waals surface area (Å²) in [6.45, 7) is -0.331. The number of fused-ring (bicyclic) bond motifs is 3. The highest BCUT2D eigenvalue weighted by molar-refractivity contribution is 8.00. The number of nitro groups is 1. The molecule has 1 aromatic heterocycles. The number of nitrogens with zero attached hydrogens (tertiary/aromatic N) is 3. The Hall–Kier alpha value is -4.49. The molecule has 7 rings (SSSR count). The van der Waals surface area contributed by atoms with Crippen molar-refractivity contribution >= 4 is 91.9 Å². The molecule has 10 nitrogen and oxygen atoms in total. The van der Waals surface area contributed by atoms with Crippen molar-refractivity contribution in [2.75, 3.05) is 10.2 Å². The third-order valence-corrected chi connectivity index (χ3v) is 11.5. The smallest absolute Gasteiger partial charge is 0.308 e. The van der Waals surface area contributed by atoms with Gasteiger partial charge in [0.1, 0.15) is 11.8 Å². The van der Waals surface area contributed by atoms with E-state index in [0.717, 1.165) is 38.8 Å². The van der Waals surface area contributed by atoms with Crippen molar-refractivity contribution in [3.63, 3.8) is 0 Å². The van der Waals surface area contributed by atoms with Gasteiger partial charge >= 0.3 is 4.87 Å². The Labute approximate surface area is 278 Å². The summed E-state index contributed by atoms with van der Waals surface area (Å²) >= 11 is 15.0. The van der Waals surface area contributed by atoms with Crippen LogP contribution in [-0.4, -0.2) is 32.5 Å². The van der Waals surface area contributed by atoms with Crippen LogP contribution in [0.3, 0.4) is 0 Å². The van der Waals surface area contributed by atoms with E-state index < -0.39 is 44.6 Å². The van der Waals surface area contributed by atoms with E-state index in [-0.39, 0.29) is 28.0 Å². The second-order valence-electron chi connectivity index (χ2n) is 10.7. The second-order valence-corrected chi connectivity index (χ2v) is 13.6. The molecule has 0 unspecified atom stereocenters. The zero-order valence-corrected chi connectivity index (χ0v) is 26.5. The highest BCUT2D eigenvalue weighted by Gasteiger charge is 2.57. The molecule has 2 aliphatic rings. The van der Waals surface area contributed by atoms with E-state index >= 15 is 0 Å². The number of thiazole rings is 1. The molecule has 1 saturated heterocycles. The van der Waals surface area contributed by atoms with Gasteiger partial charge in [-0.05, 0) is 35.2 Å². The molecule has 1 N–H and O–H groups in total. The largest absolute Gasteiger partial charge is 0.324 e. The van der Waals surface area contributed by atoms with Crippen LogP contribution in [0.4, 0.5) is 17.1 Å². The van der Waals surface area contributed by atoms with E-state index in [4.69, 9.17) is 23.2 Å². The third kappa shape index (κ3) is 4.98. The maximum atomic E-state index is 14.1. The molecule has 3 amide bonds. The highest BCUT2D eigenvalue weighted by atomic mass is 35.5. The molecule has 0 radical (unpaired) electrons. The van der Waals surface area contributed by atoms with Gasteiger partial charge in [-0.1, -0.05) is 94.8 Å². The van der Waals surface area contributed by atoms with Crippen molar-refractivity contribution in [1.29, 1.82) is 0 Å². The molecular weight excluding hydrogens is 671 g/mol. The van der Waals surface area contributed by atoms with Crippen LogP contribution in [-0.2, 0) is 20.9 Å². The molecule has 230 valence electrons. The lowest BCUT2D eigenvalue weighted by Gasteiger charge is -2.31. The number of aromatic nitrogens is 1. The van der Waals surface area contributed by atoms with Crippen molar-refractivity contribution in [3.8, 4) is 0 Å². The van der Waals surface area contributed by atoms with Gasteiger partial charge in [-0.2, -0.15) is 0 Å². The Morgan fingerprint density at radius 3 is 2.39 bits per heavy atom. The summed E-state index contributed by atoms with van der Waals surface area (Å²) in [6, 6.07) is 23.2. The van der Waals surface area contributed by atoms with Crippen molar-refractivity contribution in [2.45, 2.75) is 22.7 Å². The number of carbonyl (C=O) groups excluding carboxylic acids is 3. The Bertz CT molecular complexity index is 2160. The van der Waals surface area contributed by atoms with Gasteiger partial charge in [0.05, 0.1) is 31.6 Å². The average Bonchev–Trinajstić information content (AvgIpc) is 3.49. The molecule has 14 heteroatoms. The highest BCUT2D eigenvalue weighted by Crippen LogP contribution is 2.55. The number of amides is 3. The molecule has 2 aliphatic heterocycles. The number of benzene rings is 4. The second kappa shape index (κ2) is 11.7. The molecular formula is C32H20Cl2N4O6S2. The lowest BCUT2D eigenvalue weighted by molar-refractivity contribution is -0.384. The Morgan fingerprint density at radius 1 is 0.913 bits per heavy atom. The van der Waals surface area contributed by atoms with Crippen LogP contribution in [0.15, 0.2) is 94.7 Å². The molecule has 0 bridgehead atoms. The van der Waals surface area contributed by atoms with Crippen molar-refractivity contribution in [1.82, 2.24) is 4.57 Å². The standard InChI is InChI=1S/C32H20Cl2N4O6S2/c33-21-9-4-8-20(26(21)34)24-25-27(30(41)37(29(25)40)17-11-13-18(14-12-17)38(43)44)45-31-28(24)46-32(42)36(31)15-23(39)35-22-10-3-6-16-5-1-2-7-19(16)22/h1-14,24-25,27H,15H2,(H,35,39)/t24-,25-,27+/m0/s1. The third-order valence-electron chi connectivity index (χ3n) is 8.05. The van der Waals surface area contributed by atoms with E-state index in [0.29, 0.717) is 21.2 Å². The number of anilines is 2. The van der Waals surface area contributed by atoms with E-state index in [1.54, 1.807) is 24.3 Å². The fraction of sp³-hybridized carbons (Fsp3) is 0.125. The van der Waals surface area contributed by atoms with E-state index in [9.17, 15) is 29.3 Å². The van der Waals surface area contributed by atoms with Crippen LogP contribution in [0, 0.1) is 16.0 Å². The van der Waals surface area contributed by atoms with Crippen LogP contribution < -0.4 is 15.1 Å². The molecule has 0 aliphatic carbocycles. The van der Waals surface area contributed by atoms with Crippen LogP contribution in [0.1, 0.15) is 16.4 Å². The molecule has 1 fully saturated rings. The van der Waals surface area contributed by atoms with Gasteiger partial charge in [-0.25, -0.2) is 4.90 Å². The van der Waals surface area contributed by atoms with Gasteiger partial charge < -0.3 is 5.32 Å². The number of nitrogens with one attached hydrogen (secondary N) is 1. The zero-order valence-electron chi connectivity index (χ0n) is 23.4. The van der Waals surface area contributed by atoms with Gasteiger partial charge in [0.25, 0.3) is 5.69 Å². The van der Waals surface area contributed by atoms with Crippen LogP contribution in [0.25, 0.3) is 10.8 Å². The molecule has 4 aromatic carbocycles. The summed E-state index contributed by atoms with van der Waals surface area (Å²) in [5.41, 5.74) is 1.05. The average molecular weight is 692 g/mol.